The van der Waals surface area contributed by atoms with Gasteiger partial charge in [0.15, 0.2) is 0 Å². The van der Waals surface area contributed by atoms with E-state index in [1.165, 1.54) is 38.5 Å². The van der Waals surface area contributed by atoms with Crippen LogP contribution >= 0.6 is 0 Å². The third-order valence-electron chi connectivity index (χ3n) is 3.25. The molecule has 2 fully saturated rings. The first kappa shape index (κ1) is 8.52. The zero-order valence-corrected chi connectivity index (χ0v) is 7.72. The van der Waals surface area contributed by atoms with Crippen LogP contribution in [0.15, 0.2) is 0 Å². The first-order valence-corrected chi connectivity index (χ1v) is 5.20. The van der Waals surface area contributed by atoms with E-state index in [-0.39, 0.29) is 5.60 Å². The number of hydrogen-bond acceptors (Lipinski definition) is 2. The van der Waals surface area contributed by atoms with Crippen LogP contribution in [-0.4, -0.2) is 18.2 Å². The van der Waals surface area contributed by atoms with Gasteiger partial charge in [-0.1, -0.05) is 25.7 Å². The third kappa shape index (κ3) is 1.64. The highest BCUT2D eigenvalue weighted by molar-refractivity contribution is 4.91. The van der Waals surface area contributed by atoms with Crippen LogP contribution in [0.25, 0.3) is 0 Å². The molecule has 1 saturated carbocycles. The Kier molecular flexibility index (Phi) is 2.37. The summed E-state index contributed by atoms with van der Waals surface area (Å²) in [6.45, 7) is 0.792. The smallest absolute Gasteiger partial charge is 0.0699 e. The van der Waals surface area contributed by atoms with Crippen LogP contribution in [0.4, 0.5) is 0 Å². The van der Waals surface area contributed by atoms with Crippen LogP contribution in [-0.2, 0) is 4.74 Å². The zero-order chi connectivity index (χ0) is 8.44. The van der Waals surface area contributed by atoms with Crippen molar-refractivity contribution in [3.63, 3.8) is 0 Å². The Balaban J connectivity index is 1.98. The van der Waals surface area contributed by atoms with Gasteiger partial charge in [-0.15, -0.1) is 0 Å². The summed E-state index contributed by atoms with van der Waals surface area (Å²) in [6.07, 6.45) is 9.06. The fourth-order valence-corrected chi connectivity index (χ4v) is 2.60. The van der Waals surface area contributed by atoms with E-state index < -0.39 is 0 Å². The lowest BCUT2D eigenvalue weighted by Crippen LogP contribution is -2.28. The van der Waals surface area contributed by atoms with Gasteiger partial charge in [-0.3, -0.25) is 0 Å². The largest absolute Gasteiger partial charge is 0.373 e. The van der Waals surface area contributed by atoms with E-state index in [0.717, 1.165) is 13.0 Å². The van der Waals surface area contributed by atoms with E-state index in [9.17, 15) is 0 Å². The molecule has 1 heterocycles. The van der Waals surface area contributed by atoms with Crippen LogP contribution in [0.3, 0.4) is 0 Å². The lowest BCUT2D eigenvalue weighted by Gasteiger charge is -2.26. The van der Waals surface area contributed by atoms with Gasteiger partial charge < -0.3 is 10.5 Å². The van der Waals surface area contributed by atoms with Crippen molar-refractivity contribution in [1.82, 2.24) is 0 Å². The summed E-state index contributed by atoms with van der Waals surface area (Å²) in [4.78, 5) is 0. The molecule has 1 atom stereocenters. The van der Waals surface area contributed by atoms with Gasteiger partial charge in [0.05, 0.1) is 12.2 Å². The van der Waals surface area contributed by atoms with Crippen LogP contribution in [0.5, 0.6) is 0 Å². The molecule has 1 saturated heterocycles. The molecular weight excluding hydrogens is 150 g/mol. The second kappa shape index (κ2) is 3.35. The van der Waals surface area contributed by atoms with Gasteiger partial charge in [0.2, 0.25) is 0 Å². The summed E-state index contributed by atoms with van der Waals surface area (Å²) in [5, 5.41) is 0. The fraction of sp³-hybridized carbons (Fsp3) is 1.00. The number of rotatable bonds is 0. The highest BCUT2D eigenvalue weighted by atomic mass is 16.5. The van der Waals surface area contributed by atoms with Crippen molar-refractivity contribution < 1.29 is 4.74 Å². The molecule has 2 rings (SSSR count). The van der Waals surface area contributed by atoms with Crippen LogP contribution in [0.1, 0.15) is 44.9 Å². The number of nitrogens with two attached hydrogens (primary N) is 1. The van der Waals surface area contributed by atoms with Crippen molar-refractivity contribution in [2.24, 2.45) is 5.73 Å². The minimum atomic E-state index is 0.204. The molecule has 0 bridgehead atoms. The van der Waals surface area contributed by atoms with E-state index in [2.05, 4.69) is 0 Å². The molecule has 0 aromatic rings. The monoisotopic (exact) mass is 169 g/mol. The van der Waals surface area contributed by atoms with E-state index >= 15 is 0 Å². The van der Waals surface area contributed by atoms with E-state index in [4.69, 9.17) is 10.5 Å². The third-order valence-corrected chi connectivity index (χ3v) is 3.25. The second-order valence-electron chi connectivity index (χ2n) is 4.37. The molecule has 0 aromatic heterocycles. The topological polar surface area (TPSA) is 35.2 Å². The van der Waals surface area contributed by atoms with Crippen LogP contribution < -0.4 is 5.73 Å². The molecule has 2 nitrogen and oxygen atoms in total. The maximum atomic E-state index is 5.87. The van der Waals surface area contributed by atoms with E-state index in [1.54, 1.807) is 0 Å². The van der Waals surface area contributed by atoms with Crippen molar-refractivity contribution in [3.05, 3.63) is 0 Å². The van der Waals surface area contributed by atoms with Crippen molar-refractivity contribution in [1.29, 1.82) is 0 Å². The van der Waals surface area contributed by atoms with Gasteiger partial charge in [0.25, 0.3) is 0 Å². The normalized spacial score (nSPS) is 35.2. The first-order valence-electron chi connectivity index (χ1n) is 5.20. The summed E-state index contributed by atoms with van der Waals surface area (Å²) in [7, 11) is 0. The van der Waals surface area contributed by atoms with Gasteiger partial charge in [-0.25, -0.2) is 0 Å². The minimum Gasteiger partial charge on any atom is -0.373 e. The first-order chi connectivity index (χ1) is 5.81. The van der Waals surface area contributed by atoms with E-state index in [0.29, 0.717) is 6.04 Å². The molecule has 1 spiro atoms. The Morgan fingerprint density at radius 1 is 1.08 bits per heavy atom. The van der Waals surface area contributed by atoms with Crippen molar-refractivity contribution in [3.8, 4) is 0 Å². The predicted molar refractivity (Wildman–Crippen MR) is 49.0 cm³/mol. The van der Waals surface area contributed by atoms with Gasteiger partial charge >= 0.3 is 0 Å². The second-order valence-corrected chi connectivity index (χ2v) is 4.37. The average Bonchev–Trinajstić information content (AvgIpc) is 2.30. The van der Waals surface area contributed by atoms with Crippen molar-refractivity contribution in [2.45, 2.75) is 56.6 Å². The highest BCUT2D eigenvalue weighted by Gasteiger charge is 2.38. The Labute approximate surface area is 74.5 Å². The fourth-order valence-electron chi connectivity index (χ4n) is 2.60. The Bertz CT molecular complexity index is 150. The van der Waals surface area contributed by atoms with Gasteiger partial charge in [-0.2, -0.15) is 0 Å². The zero-order valence-electron chi connectivity index (χ0n) is 7.72. The molecule has 1 aliphatic heterocycles. The Morgan fingerprint density at radius 3 is 2.25 bits per heavy atom. The molecule has 2 heteroatoms. The molecular formula is C10H19NO. The number of ether oxygens (including phenoxy) is 1. The predicted octanol–water partition coefficient (Wildman–Crippen LogP) is 1.83. The van der Waals surface area contributed by atoms with Gasteiger partial charge in [0, 0.05) is 6.04 Å². The van der Waals surface area contributed by atoms with Crippen molar-refractivity contribution >= 4 is 0 Å². The molecule has 0 radical (unpaired) electrons. The molecule has 2 N–H and O–H groups in total. The van der Waals surface area contributed by atoms with Crippen LogP contribution in [0.2, 0.25) is 0 Å². The van der Waals surface area contributed by atoms with Gasteiger partial charge in [-0.05, 0) is 19.3 Å². The summed E-state index contributed by atoms with van der Waals surface area (Å²) in [5.41, 5.74) is 6.07. The van der Waals surface area contributed by atoms with Crippen molar-refractivity contribution in [2.75, 3.05) is 6.61 Å². The van der Waals surface area contributed by atoms with Gasteiger partial charge in [0.1, 0.15) is 0 Å². The highest BCUT2D eigenvalue weighted by Crippen LogP contribution is 2.37. The molecule has 1 aliphatic carbocycles. The SMILES string of the molecule is NC1COC2(CCCCCC2)C1. The Hall–Kier alpha value is -0.0800. The number of hydrogen-bond donors (Lipinski definition) is 1. The minimum absolute atomic E-state index is 0.204. The standard InChI is InChI=1S/C10H19NO/c11-9-7-10(12-8-9)5-3-1-2-4-6-10/h9H,1-8,11H2. The quantitative estimate of drug-likeness (QED) is 0.600. The molecule has 1 unspecified atom stereocenters. The maximum absolute atomic E-state index is 5.87. The summed E-state index contributed by atoms with van der Waals surface area (Å²) in [5.74, 6) is 0. The lowest BCUT2D eigenvalue weighted by atomic mass is 9.90. The maximum Gasteiger partial charge on any atom is 0.0699 e. The summed E-state index contributed by atoms with van der Waals surface area (Å²) < 4.78 is 5.85. The lowest BCUT2D eigenvalue weighted by molar-refractivity contribution is -0.00805. The molecule has 12 heavy (non-hydrogen) atoms. The van der Waals surface area contributed by atoms with Crippen LogP contribution in [0, 0.1) is 0 Å². The molecule has 0 amide bonds. The molecule has 2 aliphatic rings. The molecule has 70 valence electrons. The molecule has 0 aromatic carbocycles. The Morgan fingerprint density at radius 2 is 1.75 bits per heavy atom. The average molecular weight is 169 g/mol. The summed E-state index contributed by atoms with van der Waals surface area (Å²) >= 11 is 0. The summed E-state index contributed by atoms with van der Waals surface area (Å²) in [6, 6.07) is 0.308. The van der Waals surface area contributed by atoms with E-state index in [1.807, 2.05) is 0 Å².